The fourth-order valence-electron chi connectivity index (χ4n) is 3.06. The summed E-state index contributed by atoms with van der Waals surface area (Å²) in [6, 6.07) is 19.4. The summed E-state index contributed by atoms with van der Waals surface area (Å²) < 4.78 is 0. The summed E-state index contributed by atoms with van der Waals surface area (Å²) in [7, 11) is 0. The topological polar surface area (TPSA) is 68.2 Å². The molecule has 0 bridgehead atoms. The number of carbonyl (C=O) groups excluding carboxylic acids is 1. The summed E-state index contributed by atoms with van der Waals surface area (Å²) in [5.41, 5.74) is 2.60. The van der Waals surface area contributed by atoms with Crippen molar-refractivity contribution in [3.8, 4) is 6.07 Å². The Morgan fingerprint density at radius 3 is 2.40 bits per heavy atom. The molecule has 1 fully saturated rings. The van der Waals surface area contributed by atoms with E-state index in [2.05, 4.69) is 45.9 Å². The molecule has 2 N–H and O–H groups in total. The summed E-state index contributed by atoms with van der Waals surface area (Å²) in [5, 5.41) is 14.6. The zero-order chi connectivity index (χ0) is 17.5. The number of hydrogen-bond acceptors (Lipinski definition) is 3. The number of amides is 2. The lowest BCUT2D eigenvalue weighted by molar-refractivity contribution is 0.190. The fourth-order valence-corrected chi connectivity index (χ4v) is 3.06. The third kappa shape index (κ3) is 5.07. The van der Waals surface area contributed by atoms with Crippen molar-refractivity contribution >= 4 is 11.7 Å². The van der Waals surface area contributed by atoms with Crippen LogP contribution >= 0.6 is 0 Å². The van der Waals surface area contributed by atoms with Crippen molar-refractivity contribution in [2.75, 3.05) is 18.4 Å². The second-order valence-electron chi connectivity index (χ2n) is 6.32. The molecule has 0 atom stereocenters. The molecular weight excluding hydrogens is 312 g/mol. The number of benzene rings is 2. The van der Waals surface area contributed by atoms with Crippen LogP contribution in [0.5, 0.6) is 0 Å². The molecule has 2 aromatic carbocycles. The first-order valence-corrected chi connectivity index (χ1v) is 8.57. The number of nitriles is 1. The standard InChI is InChI=1S/C20H22N4O/c21-14-16-6-8-18(9-7-16)22-20(25)23-19-10-12-24(13-11-19)15-17-4-2-1-3-5-17/h1-9,19H,10-13,15H2,(H2,22,23,25). The van der Waals surface area contributed by atoms with Crippen LogP contribution in [0.2, 0.25) is 0 Å². The molecule has 1 heterocycles. The van der Waals surface area contributed by atoms with Crippen molar-refractivity contribution in [1.82, 2.24) is 10.2 Å². The predicted molar refractivity (Wildman–Crippen MR) is 98.1 cm³/mol. The Balaban J connectivity index is 1.42. The first-order valence-electron chi connectivity index (χ1n) is 8.57. The fraction of sp³-hybridized carbons (Fsp3) is 0.300. The molecule has 0 aliphatic carbocycles. The number of urea groups is 1. The van der Waals surface area contributed by atoms with E-state index in [0.717, 1.165) is 32.5 Å². The van der Waals surface area contributed by atoms with Gasteiger partial charge in [-0.15, -0.1) is 0 Å². The Hall–Kier alpha value is -2.84. The first kappa shape index (κ1) is 17.0. The summed E-state index contributed by atoms with van der Waals surface area (Å²) in [4.78, 5) is 14.5. The van der Waals surface area contributed by atoms with E-state index in [1.165, 1.54) is 5.56 Å². The van der Waals surface area contributed by atoms with Crippen molar-refractivity contribution in [2.45, 2.75) is 25.4 Å². The molecular formula is C20H22N4O. The Labute approximate surface area is 148 Å². The van der Waals surface area contributed by atoms with Gasteiger partial charge in [0.15, 0.2) is 0 Å². The maximum absolute atomic E-state index is 12.1. The highest BCUT2D eigenvalue weighted by atomic mass is 16.2. The monoisotopic (exact) mass is 334 g/mol. The lowest BCUT2D eigenvalue weighted by atomic mass is 10.0. The van der Waals surface area contributed by atoms with Crippen LogP contribution in [-0.2, 0) is 6.54 Å². The van der Waals surface area contributed by atoms with Gasteiger partial charge in [0.25, 0.3) is 0 Å². The minimum Gasteiger partial charge on any atom is -0.335 e. The molecule has 0 aromatic heterocycles. The van der Waals surface area contributed by atoms with Crippen LogP contribution < -0.4 is 10.6 Å². The van der Waals surface area contributed by atoms with Gasteiger partial charge in [-0.25, -0.2) is 4.79 Å². The maximum atomic E-state index is 12.1. The lowest BCUT2D eigenvalue weighted by Gasteiger charge is -2.32. The number of hydrogen-bond donors (Lipinski definition) is 2. The van der Waals surface area contributed by atoms with E-state index in [0.29, 0.717) is 11.3 Å². The van der Waals surface area contributed by atoms with Crippen LogP contribution in [0.25, 0.3) is 0 Å². The van der Waals surface area contributed by atoms with E-state index >= 15 is 0 Å². The van der Waals surface area contributed by atoms with Crippen LogP contribution in [0.15, 0.2) is 54.6 Å². The molecule has 0 spiro atoms. The van der Waals surface area contributed by atoms with E-state index in [9.17, 15) is 4.79 Å². The molecule has 0 saturated carbocycles. The Bertz CT molecular complexity index is 729. The molecule has 128 valence electrons. The zero-order valence-electron chi connectivity index (χ0n) is 14.1. The van der Waals surface area contributed by atoms with Gasteiger partial charge in [-0.1, -0.05) is 30.3 Å². The van der Waals surface area contributed by atoms with Crippen LogP contribution in [-0.4, -0.2) is 30.1 Å². The van der Waals surface area contributed by atoms with Gasteiger partial charge in [-0.2, -0.15) is 5.26 Å². The van der Waals surface area contributed by atoms with Gasteiger partial charge in [0, 0.05) is 31.4 Å². The lowest BCUT2D eigenvalue weighted by Crippen LogP contribution is -2.45. The van der Waals surface area contributed by atoms with Crippen molar-refractivity contribution in [3.63, 3.8) is 0 Å². The van der Waals surface area contributed by atoms with Crippen LogP contribution in [0.1, 0.15) is 24.0 Å². The third-order valence-electron chi connectivity index (χ3n) is 4.44. The number of carbonyl (C=O) groups is 1. The van der Waals surface area contributed by atoms with Crippen molar-refractivity contribution in [1.29, 1.82) is 5.26 Å². The van der Waals surface area contributed by atoms with Gasteiger partial charge in [-0.05, 0) is 42.7 Å². The van der Waals surface area contributed by atoms with Gasteiger partial charge in [0.1, 0.15) is 0 Å². The second-order valence-corrected chi connectivity index (χ2v) is 6.32. The number of likely N-dealkylation sites (tertiary alicyclic amines) is 1. The summed E-state index contributed by atoms with van der Waals surface area (Å²) in [5.74, 6) is 0. The van der Waals surface area contributed by atoms with Gasteiger partial charge >= 0.3 is 6.03 Å². The van der Waals surface area contributed by atoms with Crippen LogP contribution in [0, 0.1) is 11.3 Å². The van der Waals surface area contributed by atoms with Crippen molar-refractivity contribution < 1.29 is 4.79 Å². The minimum atomic E-state index is -0.189. The highest BCUT2D eigenvalue weighted by Gasteiger charge is 2.20. The maximum Gasteiger partial charge on any atom is 0.319 e. The SMILES string of the molecule is N#Cc1ccc(NC(=O)NC2CCN(Cc3ccccc3)CC2)cc1. The average Bonchev–Trinajstić information content (AvgIpc) is 2.65. The molecule has 5 nitrogen and oxygen atoms in total. The molecule has 0 unspecified atom stereocenters. The van der Waals surface area contributed by atoms with Crippen molar-refractivity contribution in [2.24, 2.45) is 0 Å². The highest BCUT2D eigenvalue weighted by Crippen LogP contribution is 2.14. The quantitative estimate of drug-likeness (QED) is 0.901. The molecule has 0 radical (unpaired) electrons. The highest BCUT2D eigenvalue weighted by molar-refractivity contribution is 5.89. The van der Waals surface area contributed by atoms with E-state index in [1.54, 1.807) is 24.3 Å². The normalized spacial score (nSPS) is 15.3. The molecule has 25 heavy (non-hydrogen) atoms. The molecule has 1 aliphatic heterocycles. The summed E-state index contributed by atoms with van der Waals surface area (Å²) >= 11 is 0. The molecule has 2 amide bonds. The number of nitrogens with zero attached hydrogens (tertiary/aromatic N) is 2. The Kier molecular flexibility index (Phi) is 5.65. The summed E-state index contributed by atoms with van der Waals surface area (Å²) in [6.07, 6.45) is 1.90. The van der Waals surface area contributed by atoms with E-state index < -0.39 is 0 Å². The van der Waals surface area contributed by atoms with Crippen LogP contribution in [0.3, 0.4) is 0 Å². The van der Waals surface area contributed by atoms with E-state index in [-0.39, 0.29) is 12.1 Å². The van der Waals surface area contributed by atoms with Gasteiger partial charge in [0.2, 0.25) is 0 Å². The van der Waals surface area contributed by atoms with Gasteiger partial charge < -0.3 is 10.6 Å². The largest absolute Gasteiger partial charge is 0.335 e. The number of piperidine rings is 1. The Morgan fingerprint density at radius 2 is 1.76 bits per heavy atom. The first-order chi connectivity index (χ1) is 12.2. The number of anilines is 1. The zero-order valence-corrected chi connectivity index (χ0v) is 14.1. The van der Waals surface area contributed by atoms with Crippen LogP contribution in [0.4, 0.5) is 10.5 Å². The number of rotatable bonds is 4. The van der Waals surface area contributed by atoms with Crippen molar-refractivity contribution in [3.05, 3.63) is 65.7 Å². The minimum absolute atomic E-state index is 0.189. The smallest absolute Gasteiger partial charge is 0.319 e. The van der Waals surface area contributed by atoms with E-state index in [4.69, 9.17) is 5.26 Å². The van der Waals surface area contributed by atoms with Gasteiger partial charge in [-0.3, -0.25) is 4.90 Å². The van der Waals surface area contributed by atoms with E-state index in [1.807, 2.05) is 6.07 Å². The molecule has 5 heteroatoms. The molecule has 3 rings (SSSR count). The predicted octanol–water partition coefficient (Wildman–Crippen LogP) is 3.34. The molecule has 1 aliphatic rings. The molecule has 1 saturated heterocycles. The van der Waals surface area contributed by atoms with Gasteiger partial charge in [0.05, 0.1) is 11.6 Å². The second kappa shape index (κ2) is 8.32. The summed E-state index contributed by atoms with van der Waals surface area (Å²) in [6.45, 7) is 2.93. The average molecular weight is 334 g/mol. The third-order valence-corrected chi connectivity index (χ3v) is 4.44. The molecule has 2 aromatic rings. The number of nitrogens with one attached hydrogen (secondary N) is 2. The Morgan fingerprint density at radius 1 is 1.08 bits per heavy atom.